The van der Waals surface area contributed by atoms with E-state index in [2.05, 4.69) is 0 Å². The predicted molar refractivity (Wildman–Crippen MR) is 91.3 cm³/mol. The number of carbonyl (C=O) groups is 1. The molecule has 2 N–H and O–H groups in total. The van der Waals surface area contributed by atoms with Crippen molar-refractivity contribution in [2.24, 2.45) is 0 Å². The molecule has 130 valence electrons. The van der Waals surface area contributed by atoms with Gasteiger partial charge in [-0.05, 0) is 39.7 Å². The number of esters is 1. The Morgan fingerprint density at radius 3 is 2.75 bits per heavy atom. The smallest absolute Gasteiger partial charge is 0.339 e. The minimum absolute atomic E-state index is 0.0455. The second-order valence-electron chi connectivity index (χ2n) is 6.28. The van der Waals surface area contributed by atoms with Crippen molar-refractivity contribution in [3.05, 3.63) is 46.1 Å². The number of methoxy groups -OCH3 is 1. The molecule has 0 saturated heterocycles. The van der Waals surface area contributed by atoms with Crippen molar-refractivity contribution < 1.29 is 24.5 Å². The van der Waals surface area contributed by atoms with Crippen molar-refractivity contribution in [2.75, 3.05) is 7.11 Å². The van der Waals surface area contributed by atoms with Crippen molar-refractivity contribution in [2.45, 2.75) is 46.3 Å². The van der Waals surface area contributed by atoms with Crippen LogP contribution in [0.15, 0.2) is 29.4 Å². The maximum atomic E-state index is 11.6. The molecule has 1 aromatic carbocycles. The summed E-state index contributed by atoms with van der Waals surface area (Å²) in [6, 6.07) is 1.61. The Morgan fingerprint density at radius 2 is 2.12 bits per heavy atom. The van der Waals surface area contributed by atoms with E-state index in [9.17, 15) is 15.0 Å². The van der Waals surface area contributed by atoms with Gasteiger partial charge in [0, 0.05) is 11.1 Å². The van der Waals surface area contributed by atoms with E-state index in [1.807, 2.05) is 32.9 Å². The molecule has 0 amide bonds. The summed E-state index contributed by atoms with van der Waals surface area (Å²) in [6.07, 6.45) is 4.22. The van der Waals surface area contributed by atoms with Crippen LogP contribution in [0.2, 0.25) is 0 Å². The summed E-state index contributed by atoms with van der Waals surface area (Å²) in [6.45, 7) is 5.91. The molecule has 0 unspecified atom stereocenters. The summed E-state index contributed by atoms with van der Waals surface area (Å²) in [4.78, 5) is 11.6. The number of hydrogen-bond acceptors (Lipinski definition) is 5. The van der Waals surface area contributed by atoms with Gasteiger partial charge in [0.25, 0.3) is 0 Å². The number of allylic oxidation sites excluding steroid dienone is 2. The Kier molecular flexibility index (Phi) is 5.67. The molecule has 5 heteroatoms. The lowest BCUT2D eigenvalue weighted by Crippen LogP contribution is -2.04. The molecule has 0 aliphatic carbocycles. The Labute approximate surface area is 142 Å². The molecule has 1 heterocycles. The number of phenolic OH excluding ortho intramolecular Hbond substituents is 1. The molecule has 1 aliphatic heterocycles. The molecule has 2 rings (SSSR count). The van der Waals surface area contributed by atoms with E-state index in [0.29, 0.717) is 35.3 Å². The number of aliphatic hydroxyl groups excluding tert-OH is 1. The average molecular weight is 332 g/mol. The molecule has 24 heavy (non-hydrogen) atoms. The molecule has 0 saturated carbocycles. The van der Waals surface area contributed by atoms with Gasteiger partial charge in [-0.3, -0.25) is 0 Å². The van der Waals surface area contributed by atoms with Gasteiger partial charge in [-0.2, -0.15) is 0 Å². The molecule has 1 atom stereocenters. The Bertz CT molecular complexity index is 696. The number of carbonyl (C=O) groups excluding carboxylic acids is 1. The first-order valence-corrected chi connectivity index (χ1v) is 7.91. The summed E-state index contributed by atoms with van der Waals surface area (Å²) >= 11 is 0. The van der Waals surface area contributed by atoms with E-state index in [1.54, 1.807) is 6.07 Å². The first kappa shape index (κ1) is 18.1. The quantitative estimate of drug-likeness (QED) is 0.617. The summed E-state index contributed by atoms with van der Waals surface area (Å²) in [5, 5.41) is 20.4. The number of fused-ring (bicyclic) bond motifs is 1. The Balaban J connectivity index is 2.22. The zero-order chi connectivity index (χ0) is 17.9. The number of aromatic hydroxyl groups is 1. The highest BCUT2D eigenvalue weighted by atomic mass is 16.5. The third-order valence-electron chi connectivity index (χ3n) is 3.97. The Morgan fingerprint density at radius 1 is 1.42 bits per heavy atom. The van der Waals surface area contributed by atoms with Gasteiger partial charge in [-0.1, -0.05) is 23.3 Å². The second kappa shape index (κ2) is 7.53. The van der Waals surface area contributed by atoms with Crippen LogP contribution in [0.25, 0.3) is 0 Å². The number of phenols is 1. The van der Waals surface area contributed by atoms with Crippen molar-refractivity contribution in [3.63, 3.8) is 0 Å². The number of rotatable bonds is 6. The topological polar surface area (TPSA) is 76.0 Å². The highest BCUT2D eigenvalue weighted by molar-refractivity contribution is 5.95. The van der Waals surface area contributed by atoms with Crippen LogP contribution >= 0.6 is 0 Å². The van der Waals surface area contributed by atoms with Crippen molar-refractivity contribution in [3.8, 4) is 11.5 Å². The van der Waals surface area contributed by atoms with Crippen LogP contribution in [0.4, 0.5) is 0 Å². The van der Waals surface area contributed by atoms with Crippen LogP contribution in [0.5, 0.6) is 11.5 Å². The largest absolute Gasteiger partial charge is 0.507 e. The third kappa shape index (κ3) is 3.97. The highest BCUT2D eigenvalue weighted by Gasteiger charge is 2.28. The number of ether oxygens (including phenoxy) is 2. The van der Waals surface area contributed by atoms with Crippen molar-refractivity contribution in [1.29, 1.82) is 0 Å². The molecular formula is C19H24O5. The zero-order valence-electron chi connectivity index (χ0n) is 14.5. The van der Waals surface area contributed by atoms with E-state index in [4.69, 9.17) is 9.47 Å². The standard InChI is InChI=1S/C19H24O5/c1-11(2)7-13(20)8-12(3)5-6-14-17(23-4)9-15-16(18(14)21)10-24-19(15)22/h5,7,9,13,20-21H,6,8,10H2,1-4H3/t13-/m1/s1. The van der Waals surface area contributed by atoms with Crippen molar-refractivity contribution >= 4 is 5.97 Å². The minimum Gasteiger partial charge on any atom is -0.507 e. The molecule has 0 radical (unpaired) electrons. The molecule has 0 spiro atoms. The van der Waals surface area contributed by atoms with Gasteiger partial charge < -0.3 is 19.7 Å². The maximum Gasteiger partial charge on any atom is 0.339 e. The Hall–Kier alpha value is -2.27. The summed E-state index contributed by atoms with van der Waals surface area (Å²) < 4.78 is 10.3. The van der Waals surface area contributed by atoms with Gasteiger partial charge in [0.15, 0.2) is 0 Å². The maximum absolute atomic E-state index is 11.6. The van der Waals surface area contributed by atoms with Crippen LogP contribution in [0.1, 0.15) is 48.7 Å². The first-order chi connectivity index (χ1) is 11.3. The fourth-order valence-corrected chi connectivity index (χ4v) is 2.79. The molecule has 1 aromatic rings. The minimum atomic E-state index is -0.521. The van der Waals surface area contributed by atoms with Crippen molar-refractivity contribution in [1.82, 2.24) is 0 Å². The van der Waals surface area contributed by atoms with Crippen LogP contribution in [-0.4, -0.2) is 29.4 Å². The van der Waals surface area contributed by atoms with E-state index in [0.717, 1.165) is 11.1 Å². The first-order valence-electron chi connectivity index (χ1n) is 7.91. The number of aliphatic hydroxyl groups is 1. The lowest BCUT2D eigenvalue weighted by molar-refractivity contribution is 0.0534. The van der Waals surface area contributed by atoms with Gasteiger partial charge in [0.2, 0.25) is 0 Å². The molecule has 0 bridgehead atoms. The second-order valence-corrected chi connectivity index (χ2v) is 6.28. The fourth-order valence-electron chi connectivity index (χ4n) is 2.79. The molecular weight excluding hydrogens is 308 g/mol. The fraction of sp³-hybridized carbons (Fsp3) is 0.421. The van der Waals surface area contributed by atoms with Gasteiger partial charge in [-0.15, -0.1) is 0 Å². The normalized spacial score (nSPS) is 14.9. The molecule has 5 nitrogen and oxygen atoms in total. The summed E-state index contributed by atoms with van der Waals surface area (Å²) in [5.41, 5.74) is 3.55. The van der Waals surface area contributed by atoms with Crippen LogP contribution in [0.3, 0.4) is 0 Å². The summed E-state index contributed by atoms with van der Waals surface area (Å²) in [7, 11) is 1.50. The lowest BCUT2D eigenvalue weighted by Gasteiger charge is -2.12. The van der Waals surface area contributed by atoms with Crippen LogP contribution in [-0.2, 0) is 17.8 Å². The predicted octanol–water partition coefficient (Wildman–Crippen LogP) is 3.28. The van der Waals surface area contributed by atoms with E-state index in [1.165, 1.54) is 7.11 Å². The SMILES string of the molecule is COc1cc2c(c(O)c1CC=C(C)C[C@H](O)C=C(C)C)COC2=O. The van der Waals surface area contributed by atoms with E-state index < -0.39 is 12.1 Å². The van der Waals surface area contributed by atoms with Crippen LogP contribution in [0, 0.1) is 0 Å². The lowest BCUT2D eigenvalue weighted by atomic mass is 9.98. The monoisotopic (exact) mass is 332 g/mol. The molecule has 1 aliphatic rings. The number of cyclic esters (lactones) is 1. The van der Waals surface area contributed by atoms with Gasteiger partial charge in [0.05, 0.1) is 18.8 Å². The average Bonchev–Trinajstić information content (AvgIpc) is 2.86. The van der Waals surface area contributed by atoms with Gasteiger partial charge in [0.1, 0.15) is 18.1 Å². The van der Waals surface area contributed by atoms with Gasteiger partial charge in [-0.25, -0.2) is 4.79 Å². The number of hydrogen-bond donors (Lipinski definition) is 2. The molecule has 0 aromatic heterocycles. The number of benzene rings is 1. The van der Waals surface area contributed by atoms with E-state index in [-0.39, 0.29) is 12.4 Å². The zero-order valence-corrected chi connectivity index (χ0v) is 14.5. The highest BCUT2D eigenvalue weighted by Crippen LogP contribution is 2.38. The molecule has 0 fully saturated rings. The van der Waals surface area contributed by atoms with E-state index >= 15 is 0 Å². The van der Waals surface area contributed by atoms with Gasteiger partial charge >= 0.3 is 5.97 Å². The third-order valence-corrected chi connectivity index (χ3v) is 3.97. The summed E-state index contributed by atoms with van der Waals surface area (Å²) in [5.74, 6) is 0.0600. The van der Waals surface area contributed by atoms with Crippen LogP contribution < -0.4 is 4.74 Å².